The number of hydrogen-bond acceptors (Lipinski definition) is 3. The van der Waals surface area contributed by atoms with E-state index in [1.807, 2.05) is 0 Å². The van der Waals surface area contributed by atoms with Crippen LogP contribution in [0.25, 0.3) is 0 Å². The van der Waals surface area contributed by atoms with Gasteiger partial charge in [-0.25, -0.2) is 4.39 Å². The zero-order valence-electron chi connectivity index (χ0n) is 12.4. The van der Waals surface area contributed by atoms with Crippen LogP contribution in [0, 0.1) is 5.82 Å². The smallest absolute Gasteiger partial charge is 0.253 e. The summed E-state index contributed by atoms with van der Waals surface area (Å²) < 4.78 is 13.8. The molecule has 0 atom stereocenters. The summed E-state index contributed by atoms with van der Waals surface area (Å²) >= 11 is 0. The molecule has 0 saturated heterocycles. The standard InChI is InChI=1S/C14H20FN3O2/c1-14(2,13(20)18(4)5)17-9-6-7-10(11(15)8-9)12(19)16-3/h6-8,17H,1-5H3,(H,16,19). The number of amides is 2. The predicted octanol–water partition coefficient (Wildman–Crippen LogP) is 1.46. The van der Waals surface area contributed by atoms with Gasteiger partial charge >= 0.3 is 0 Å². The maximum Gasteiger partial charge on any atom is 0.253 e. The van der Waals surface area contributed by atoms with Crippen LogP contribution >= 0.6 is 0 Å². The Balaban J connectivity index is 2.98. The lowest BCUT2D eigenvalue weighted by molar-refractivity contribution is -0.132. The highest BCUT2D eigenvalue weighted by Gasteiger charge is 2.29. The van der Waals surface area contributed by atoms with Gasteiger partial charge in [0.05, 0.1) is 5.56 Å². The third kappa shape index (κ3) is 3.46. The lowest BCUT2D eigenvalue weighted by Gasteiger charge is -2.29. The summed E-state index contributed by atoms with van der Waals surface area (Å²) in [5, 5.41) is 5.32. The van der Waals surface area contributed by atoms with Gasteiger partial charge in [-0.2, -0.15) is 0 Å². The minimum atomic E-state index is -0.871. The van der Waals surface area contributed by atoms with Crippen molar-refractivity contribution in [2.24, 2.45) is 0 Å². The van der Waals surface area contributed by atoms with E-state index in [1.165, 1.54) is 24.1 Å². The van der Waals surface area contributed by atoms with Gasteiger partial charge in [0.1, 0.15) is 11.4 Å². The van der Waals surface area contributed by atoms with Crippen LogP contribution in [0.4, 0.5) is 10.1 Å². The van der Waals surface area contributed by atoms with Gasteiger partial charge in [-0.1, -0.05) is 0 Å². The number of nitrogens with one attached hydrogen (secondary N) is 2. The molecule has 5 nitrogen and oxygen atoms in total. The van der Waals surface area contributed by atoms with Crippen LogP contribution in [-0.4, -0.2) is 43.4 Å². The number of rotatable bonds is 4. The molecule has 110 valence electrons. The van der Waals surface area contributed by atoms with Gasteiger partial charge in [-0.05, 0) is 32.0 Å². The Kier molecular flexibility index (Phi) is 4.70. The fourth-order valence-electron chi connectivity index (χ4n) is 1.89. The van der Waals surface area contributed by atoms with Gasteiger partial charge in [0.15, 0.2) is 0 Å². The number of nitrogens with zero attached hydrogens (tertiary/aromatic N) is 1. The number of likely N-dealkylation sites (N-methyl/N-ethyl adjacent to an activating group) is 1. The molecule has 1 rings (SSSR count). The maximum absolute atomic E-state index is 13.8. The molecule has 2 N–H and O–H groups in total. The first-order valence-corrected chi connectivity index (χ1v) is 6.20. The fraction of sp³-hybridized carbons (Fsp3) is 0.429. The molecule has 0 unspecified atom stereocenters. The molecule has 0 saturated carbocycles. The Morgan fingerprint density at radius 3 is 2.30 bits per heavy atom. The molecule has 6 heteroatoms. The first-order chi connectivity index (χ1) is 9.19. The van der Waals surface area contributed by atoms with Gasteiger partial charge in [-0.3, -0.25) is 9.59 Å². The van der Waals surface area contributed by atoms with Crippen molar-refractivity contribution in [3.8, 4) is 0 Å². The molecule has 0 heterocycles. The first-order valence-electron chi connectivity index (χ1n) is 6.20. The van der Waals surface area contributed by atoms with Gasteiger partial charge in [0.2, 0.25) is 5.91 Å². The van der Waals surface area contributed by atoms with E-state index in [0.717, 1.165) is 0 Å². The number of anilines is 1. The number of halogens is 1. The van der Waals surface area contributed by atoms with Crippen molar-refractivity contribution in [2.75, 3.05) is 26.5 Å². The van der Waals surface area contributed by atoms with Crippen LogP contribution in [0.1, 0.15) is 24.2 Å². The van der Waals surface area contributed by atoms with Crippen molar-refractivity contribution >= 4 is 17.5 Å². The van der Waals surface area contributed by atoms with Crippen molar-refractivity contribution in [2.45, 2.75) is 19.4 Å². The molecule has 0 fully saturated rings. The zero-order chi connectivity index (χ0) is 15.5. The van der Waals surface area contributed by atoms with E-state index in [1.54, 1.807) is 34.0 Å². The van der Waals surface area contributed by atoms with E-state index in [0.29, 0.717) is 5.69 Å². The Labute approximate surface area is 118 Å². The molecule has 0 aliphatic heterocycles. The summed E-state index contributed by atoms with van der Waals surface area (Å²) in [4.78, 5) is 24.8. The Morgan fingerprint density at radius 2 is 1.85 bits per heavy atom. The van der Waals surface area contributed by atoms with Gasteiger partial charge < -0.3 is 15.5 Å². The molecule has 20 heavy (non-hydrogen) atoms. The number of carbonyl (C=O) groups excluding carboxylic acids is 2. The normalized spacial score (nSPS) is 10.9. The molecule has 0 bridgehead atoms. The average Bonchev–Trinajstić information content (AvgIpc) is 2.36. The van der Waals surface area contributed by atoms with Crippen molar-refractivity contribution in [3.63, 3.8) is 0 Å². The third-order valence-corrected chi connectivity index (χ3v) is 2.84. The van der Waals surface area contributed by atoms with Crippen LogP contribution in [0.2, 0.25) is 0 Å². The van der Waals surface area contributed by atoms with E-state index in [-0.39, 0.29) is 11.5 Å². The molecule has 0 spiro atoms. The van der Waals surface area contributed by atoms with E-state index in [2.05, 4.69) is 10.6 Å². The number of hydrogen-bond donors (Lipinski definition) is 2. The minimum Gasteiger partial charge on any atom is -0.372 e. The second kappa shape index (κ2) is 5.90. The molecule has 1 aromatic rings. The Morgan fingerprint density at radius 1 is 1.25 bits per heavy atom. The fourth-order valence-corrected chi connectivity index (χ4v) is 1.89. The van der Waals surface area contributed by atoms with Gasteiger partial charge in [0, 0.05) is 26.8 Å². The van der Waals surface area contributed by atoms with Crippen molar-refractivity contribution in [3.05, 3.63) is 29.6 Å². The van der Waals surface area contributed by atoms with E-state index in [4.69, 9.17) is 0 Å². The quantitative estimate of drug-likeness (QED) is 0.878. The molecule has 2 amide bonds. The molecular weight excluding hydrogens is 261 g/mol. The molecule has 0 aromatic heterocycles. The van der Waals surface area contributed by atoms with Crippen LogP contribution in [-0.2, 0) is 4.79 Å². The zero-order valence-corrected chi connectivity index (χ0v) is 12.4. The molecule has 0 aliphatic carbocycles. The highest BCUT2D eigenvalue weighted by atomic mass is 19.1. The average molecular weight is 281 g/mol. The van der Waals surface area contributed by atoms with Gasteiger partial charge in [-0.15, -0.1) is 0 Å². The highest BCUT2D eigenvalue weighted by molar-refractivity contribution is 5.95. The predicted molar refractivity (Wildman–Crippen MR) is 76.2 cm³/mol. The minimum absolute atomic E-state index is 0.0326. The lowest BCUT2D eigenvalue weighted by atomic mass is 10.0. The number of carbonyl (C=O) groups is 2. The monoisotopic (exact) mass is 281 g/mol. The van der Waals surface area contributed by atoms with Crippen LogP contribution in [0.3, 0.4) is 0 Å². The number of benzene rings is 1. The van der Waals surface area contributed by atoms with Gasteiger partial charge in [0.25, 0.3) is 5.91 Å². The van der Waals surface area contributed by atoms with Crippen LogP contribution in [0.15, 0.2) is 18.2 Å². The second-order valence-corrected chi connectivity index (χ2v) is 5.22. The van der Waals surface area contributed by atoms with Crippen LogP contribution in [0.5, 0.6) is 0 Å². The summed E-state index contributed by atoms with van der Waals surface area (Å²) in [6.07, 6.45) is 0. The molecule has 1 aromatic carbocycles. The molecule has 0 aliphatic rings. The highest BCUT2D eigenvalue weighted by Crippen LogP contribution is 2.20. The first kappa shape index (κ1) is 15.9. The second-order valence-electron chi connectivity index (χ2n) is 5.22. The third-order valence-electron chi connectivity index (χ3n) is 2.84. The van der Waals surface area contributed by atoms with E-state index >= 15 is 0 Å². The lowest BCUT2D eigenvalue weighted by Crippen LogP contribution is -2.47. The maximum atomic E-state index is 13.8. The summed E-state index contributed by atoms with van der Waals surface area (Å²) in [7, 11) is 4.74. The van der Waals surface area contributed by atoms with Crippen molar-refractivity contribution in [1.82, 2.24) is 10.2 Å². The molecule has 0 radical (unpaired) electrons. The van der Waals surface area contributed by atoms with Crippen LogP contribution < -0.4 is 10.6 Å². The SMILES string of the molecule is CNC(=O)c1ccc(NC(C)(C)C(=O)N(C)C)cc1F. The summed E-state index contributed by atoms with van der Waals surface area (Å²) in [6, 6.07) is 4.15. The summed E-state index contributed by atoms with van der Waals surface area (Å²) in [5.41, 5.74) is -0.463. The topological polar surface area (TPSA) is 61.4 Å². The van der Waals surface area contributed by atoms with E-state index < -0.39 is 17.3 Å². The van der Waals surface area contributed by atoms with E-state index in [9.17, 15) is 14.0 Å². The van der Waals surface area contributed by atoms with Crippen molar-refractivity contribution in [1.29, 1.82) is 0 Å². The largest absolute Gasteiger partial charge is 0.372 e. The summed E-state index contributed by atoms with van der Waals surface area (Å²) in [6.45, 7) is 3.42. The summed E-state index contributed by atoms with van der Waals surface area (Å²) in [5.74, 6) is -1.26. The Bertz CT molecular complexity index is 527. The Hall–Kier alpha value is -2.11. The van der Waals surface area contributed by atoms with Crippen molar-refractivity contribution < 1.29 is 14.0 Å². The molecular formula is C14H20FN3O2.